The zero-order chi connectivity index (χ0) is 18.1. The molecule has 1 N–H and O–H groups in total. The summed E-state index contributed by atoms with van der Waals surface area (Å²) in [4.78, 5) is 11.4. The van der Waals surface area contributed by atoms with Crippen molar-refractivity contribution in [2.24, 2.45) is 0 Å². The van der Waals surface area contributed by atoms with Gasteiger partial charge in [0.05, 0.1) is 7.11 Å². The first-order valence-electron chi connectivity index (χ1n) is 6.34. The summed E-state index contributed by atoms with van der Waals surface area (Å²) < 4.78 is 48.8. The summed E-state index contributed by atoms with van der Waals surface area (Å²) in [5.74, 6) is -2.04. The van der Waals surface area contributed by atoms with Gasteiger partial charge in [0.2, 0.25) is 0 Å². The molecule has 0 aliphatic carbocycles. The lowest BCUT2D eigenvalue weighted by molar-refractivity contribution is -0.142. The van der Waals surface area contributed by atoms with Gasteiger partial charge < -0.3 is 14.6 Å². The van der Waals surface area contributed by atoms with Crippen molar-refractivity contribution >= 4 is 17.6 Å². The van der Waals surface area contributed by atoms with Gasteiger partial charge in [0.25, 0.3) is 5.88 Å². The number of carboxylic acids is 1. The summed E-state index contributed by atoms with van der Waals surface area (Å²) in [6.45, 7) is 0.979. The molecular weight excluding hydrogens is 353 g/mol. The number of rotatable bonds is 4. The molecule has 0 unspecified atom stereocenters. The number of carboxylic acid groups (broad SMARTS) is 1. The van der Waals surface area contributed by atoms with Crippen LogP contribution in [0.2, 0.25) is 5.02 Å². The van der Waals surface area contributed by atoms with Gasteiger partial charge in [-0.2, -0.15) is 13.2 Å². The van der Waals surface area contributed by atoms with Crippen molar-refractivity contribution in [3.63, 3.8) is 0 Å². The van der Waals surface area contributed by atoms with E-state index >= 15 is 0 Å². The van der Waals surface area contributed by atoms with Gasteiger partial charge in [-0.3, -0.25) is 0 Å². The number of nitrogens with zero attached hydrogens (tertiary/aromatic N) is 2. The van der Waals surface area contributed by atoms with Gasteiger partial charge in [0, 0.05) is 16.7 Å². The van der Waals surface area contributed by atoms with Crippen LogP contribution in [0.4, 0.5) is 13.2 Å². The quantitative estimate of drug-likeness (QED) is 0.886. The van der Waals surface area contributed by atoms with Crippen LogP contribution < -0.4 is 9.47 Å². The fourth-order valence-electron chi connectivity index (χ4n) is 1.92. The summed E-state index contributed by atoms with van der Waals surface area (Å²) in [6, 6.07) is 4.19. The molecule has 0 saturated heterocycles. The maximum Gasteiger partial charge on any atom is 0.435 e. The molecule has 1 aromatic heterocycles. The van der Waals surface area contributed by atoms with Gasteiger partial charge in [-0.05, 0) is 19.1 Å². The predicted molar refractivity (Wildman–Crippen MR) is 76.8 cm³/mol. The van der Waals surface area contributed by atoms with Crippen molar-refractivity contribution in [2.45, 2.75) is 13.1 Å². The van der Waals surface area contributed by atoms with E-state index < -0.39 is 34.8 Å². The summed E-state index contributed by atoms with van der Waals surface area (Å²) in [6.07, 6.45) is -4.84. The number of benzene rings is 1. The Bertz CT molecular complexity index is 796. The van der Waals surface area contributed by atoms with E-state index in [4.69, 9.17) is 21.1 Å². The van der Waals surface area contributed by atoms with E-state index in [1.807, 2.05) is 0 Å². The number of aromatic nitrogens is 2. The highest BCUT2D eigenvalue weighted by atomic mass is 35.5. The second-order valence-electron chi connectivity index (χ2n) is 4.55. The van der Waals surface area contributed by atoms with E-state index in [0.717, 1.165) is 6.92 Å². The number of hydrogen-bond donors (Lipinski definition) is 1. The zero-order valence-corrected chi connectivity index (χ0v) is 13.1. The first-order valence-corrected chi connectivity index (χ1v) is 6.72. The Kier molecular flexibility index (Phi) is 4.83. The van der Waals surface area contributed by atoms with Gasteiger partial charge >= 0.3 is 12.1 Å². The molecule has 1 heterocycles. The third kappa shape index (κ3) is 3.51. The molecule has 0 radical (unpaired) electrons. The first-order chi connectivity index (χ1) is 11.1. The largest absolute Gasteiger partial charge is 0.493 e. The second kappa shape index (κ2) is 6.52. The molecule has 0 saturated carbocycles. The first kappa shape index (κ1) is 17.8. The van der Waals surface area contributed by atoms with E-state index in [1.54, 1.807) is 0 Å². The van der Waals surface area contributed by atoms with Gasteiger partial charge in [-0.1, -0.05) is 11.6 Å². The minimum atomic E-state index is -4.84. The lowest BCUT2D eigenvalue weighted by Crippen LogP contribution is -2.17. The topological polar surface area (TPSA) is 81.5 Å². The van der Waals surface area contributed by atoms with Crippen molar-refractivity contribution in [3.8, 4) is 17.4 Å². The second-order valence-corrected chi connectivity index (χ2v) is 4.99. The molecule has 2 aromatic rings. The Morgan fingerprint density at radius 2 is 1.92 bits per heavy atom. The fourth-order valence-corrected chi connectivity index (χ4v) is 2.08. The van der Waals surface area contributed by atoms with Gasteiger partial charge in [-0.25, -0.2) is 4.79 Å². The standard InChI is InChI=1S/C14H10ClF3N2O4/c1-6-10(13(21)22)12(20-19-11(6)14(16,17)18)24-8-4-3-7(15)5-9(8)23-2/h3-5H,1-2H3,(H,21,22). The van der Waals surface area contributed by atoms with E-state index in [9.17, 15) is 23.1 Å². The Morgan fingerprint density at radius 1 is 1.25 bits per heavy atom. The summed E-state index contributed by atoms with van der Waals surface area (Å²) in [5, 5.41) is 15.8. The lowest BCUT2D eigenvalue weighted by atomic mass is 10.1. The van der Waals surface area contributed by atoms with Crippen molar-refractivity contribution in [2.75, 3.05) is 7.11 Å². The number of ether oxygens (including phenoxy) is 2. The summed E-state index contributed by atoms with van der Waals surface area (Å²) in [7, 11) is 1.32. The number of aromatic carboxylic acids is 1. The highest BCUT2D eigenvalue weighted by Gasteiger charge is 2.38. The summed E-state index contributed by atoms with van der Waals surface area (Å²) in [5.41, 5.74) is -2.74. The highest BCUT2D eigenvalue weighted by molar-refractivity contribution is 6.30. The van der Waals surface area contributed by atoms with E-state index in [1.165, 1.54) is 25.3 Å². The molecule has 0 atom stereocenters. The van der Waals surface area contributed by atoms with Crippen molar-refractivity contribution < 1.29 is 32.5 Å². The third-order valence-electron chi connectivity index (χ3n) is 3.00. The average molecular weight is 363 g/mol. The van der Waals surface area contributed by atoms with Crippen LogP contribution in [-0.2, 0) is 6.18 Å². The highest BCUT2D eigenvalue weighted by Crippen LogP contribution is 2.37. The minimum absolute atomic E-state index is 0.0258. The molecule has 2 rings (SSSR count). The number of methoxy groups -OCH3 is 1. The number of halogens is 4. The molecule has 0 bridgehead atoms. The van der Waals surface area contributed by atoms with Crippen LogP contribution >= 0.6 is 11.6 Å². The van der Waals surface area contributed by atoms with E-state index in [0.29, 0.717) is 5.02 Å². The maximum absolute atomic E-state index is 12.8. The Hall–Kier alpha value is -2.55. The number of hydrogen-bond acceptors (Lipinski definition) is 5. The van der Waals surface area contributed by atoms with Crippen LogP contribution in [-0.4, -0.2) is 28.4 Å². The van der Waals surface area contributed by atoms with Crippen molar-refractivity contribution in [3.05, 3.63) is 40.0 Å². The van der Waals surface area contributed by atoms with Crippen molar-refractivity contribution in [1.29, 1.82) is 0 Å². The van der Waals surface area contributed by atoms with Crippen LogP contribution in [0, 0.1) is 6.92 Å². The Balaban J connectivity index is 2.56. The molecule has 128 valence electrons. The van der Waals surface area contributed by atoms with Crippen LogP contribution in [0.3, 0.4) is 0 Å². The average Bonchev–Trinajstić information content (AvgIpc) is 2.47. The molecular formula is C14H10ClF3N2O4. The molecule has 0 fully saturated rings. The molecule has 0 aliphatic rings. The summed E-state index contributed by atoms with van der Waals surface area (Å²) >= 11 is 5.79. The van der Waals surface area contributed by atoms with Gasteiger partial charge in [0.1, 0.15) is 5.56 Å². The van der Waals surface area contributed by atoms with Crippen LogP contribution in [0.25, 0.3) is 0 Å². The Morgan fingerprint density at radius 3 is 2.46 bits per heavy atom. The number of carbonyl (C=O) groups is 1. The monoisotopic (exact) mass is 362 g/mol. The fraction of sp³-hybridized carbons (Fsp3) is 0.214. The molecule has 0 aliphatic heterocycles. The number of alkyl halides is 3. The minimum Gasteiger partial charge on any atom is -0.493 e. The van der Waals surface area contributed by atoms with Crippen LogP contribution in [0.1, 0.15) is 21.6 Å². The SMILES string of the molecule is COc1cc(Cl)ccc1Oc1nnc(C(F)(F)F)c(C)c1C(=O)O. The molecule has 1 aromatic carbocycles. The normalized spacial score (nSPS) is 11.2. The zero-order valence-electron chi connectivity index (χ0n) is 12.3. The molecule has 6 nitrogen and oxygen atoms in total. The van der Waals surface area contributed by atoms with E-state index in [-0.39, 0.29) is 11.5 Å². The lowest BCUT2D eigenvalue weighted by Gasteiger charge is -2.14. The van der Waals surface area contributed by atoms with Crippen LogP contribution in [0.15, 0.2) is 18.2 Å². The third-order valence-corrected chi connectivity index (χ3v) is 3.23. The molecule has 24 heavy (non-hydrogen) atoms. The molecule has 0 spiro atoms. The Labute approximate surface area is 138 Å². The molecule has 0 amide bonds. The molecule has 10 heteroatoms. The predicted octanol–water partition coefficient (Wildman–Crippen LogP) is 3.96. The van der Waals surface area contributed by atoms with E-state index in [2.05, 4.69) is 10.2 Å². The van der Waals surface area contributed by atoms with Crippen LogP contribution in [0.5, 0.6) is 17.4 Å². The maximum atomic E-state index is 12.8. The van der Waals surface area contributed by atoms with Gasteiger partial charge in [0.15, 0.2) is 17.2 Å². The van der Waals surface area contributed by atoms with Crippen molar-refractivity contribution in [1.82, 2.24) is 10.2 Å². The smallest absolute Gasteiger partial charge is 0.435 e. The van der Waals surface area contributed by atoms with Gasteiger partial charge in [-0.15, -0.1) is 10.2 Å².